The molecule has 0 aromatic carbocycles. The van der Waals surface area contributed by atoms with Crippen molar-refractivity contribution < 1.29 is 9.59 Å². The van der Waals surface area contributed by atoms with Gasteiger partial charge >= 0.3 is 0 Å². The molecular formula is C14H19N3O2. The summed E-state index contributed by atoms with van der Waals surface area (Å²) >= 11 is 0. The molecule has 0 saturated heterocycles. The van der Waals surface area contributed by atoms with Crippen LogP contribution in [0, 0.1) is 18.8 Å². The van der Waals surface area contributed by atoms with E-state index in [1.165, 1.54) is 0 Å². The molecule has 0 radical (unpaired) electrons. The summed E-state index contributed by atoms with van der Waals surface area (Å²) < 4.78 is 0. The van der Waals surface area contributed by atoms with Crippen molar-refractivity contribution in [2.45, 2.75) is 26.7 Å². The molecule has 0 aliphatic heterocycles. The van der Waals surface area contributed by atoms with Gasteiger partial charge in [-0.05, 0) is 30.9 Å². The highest BCUT2D eigenvalue weighted by Crippen LogP contribution is 2.37. The van der Waals surface area contributed by atoms with Gasteiger partial charge in [0.2, 0.25) is 11.8 Å². The predicted molar refractivity (Wildman–Crippen MR) is 72.5 cm³/mol. The van der Waals surface area contributed by atoms with E-state index in [1.54, 1.807) is 12.3 Å². The van der Waals surface area contributed by atoms with E-state index in [0.29, 0.717) is 18.3 Å². The van der Waals surface area contributed by atoms with Gasteiger partial charge in [-0.1, -0.05) is 13.0 Å². The summed E-state index contributed by atoms with van der Waals surface area (Å²) in [6.45, 7) is 4.37. The van der Waals surface area contributed by atoms with E-state index in [-0.39, 0.29) is 24.2 Å². The van der Waals surface area contributed by atoms with Gasteiger partial charge in [0.05, 0.1) is 0 Å². The van der Waals surface area contributed by atoms with E-state index in [2.05, 4.69) is 22.5 Å². The number of pyridine rings is 1. The van der Waals surface area contributed by atoms with Crippen LogP contribution in [0.25, 0.3) is 0 Å². The van der Waals surface area contributed by atoms with E-state index in [0.717, 1.165) is 12.0 Å². The zero-order chi connectivity index (χ0) is 13.8. The van der Waals surface area contributed by atoms with Crippen LogP contribution in [-0.2, 0) is 9.59 Å². The zero-order valence-electron chi connectivity index (χ0n) is 11.3. The lowest BCUT2D eigenvalue weighted by molar-refractivity contribution is -0.122. The highest BCUT2D eigenvalue weighted by atomic mass is 16.2. The summed E-state index contributed by atoms with van der Waals surface area (Å²) in [4.78, 5) is 27.3. The van der Waals surface area contributed by atoms with Gasteiger partial charge in [-0.15, -0.1) is 0 Å². The maximum absolute atomic E-state index is 11.6. The molecule has 1 aliphatic rings. The first kappa shape index (κ1) is 13.5. The molecule has 2 atom stereocenters. The molecule has 2 N–H and O–H groups in total. The van der Waals surface area contributed by atoms with Crippen LogP contribution in [0.15, 0.2) is 18.3 Å². The average molecular weight is 261 g/mol. The molecule has 1 aromatic heterocycles. The molecule has 1 saturated carbocycles. The monoisotopic (exact) mass is 261 g/mol. The third kappa shape index (κ3) is 4.05. The van der Waals surface area contributed by atoms with Crippen LogP contribution < -0.4 is 10.6 Å². The van der Waals surface area contributed by atoms with Crippen molar-refractivity contribution in [3.05, 3.63) is 23.9 Å². The van der Waals surface area contributed by atoms with Crippen LogP contribution in [0.3, 0.4) is 0 Å². The molecule has 19 heavy (non-hydrogen) atoms. The molecule has 5 nitrogen and oxygen atoms in total. The number of rotatable bonds is 5. The fraction of sp³-hybridized carbons (Fsp3) is 0.500. The van der Waals surface area contributed by atoms with E-state index in [9.17, 15) is 9.59 Å². The summed E-state index contributed by atoms with van der Waals surface area (Å²) in [6.07, 6.45) is 2.93. The van der Waals surface area contributed by atoms with Crippen LogP contribution in [0.4, 0.5) is 5.82 Å². The smallest absolute Gasteiger partial charge is 0.227 e. The number of aryl methyl sites for hydroxylation is 1. The summed E-state index contributed by atoms with van der Waals surface area (Å²) in [6, 6.07) is 3.65. The van der Waals surface area contributed by atoms with Gasteiger partial charge in [0.1, 0.15) is 5.82 Å². The minimum Gasteiger partial charge on any atom is -0.355 e. The molecule has 5 heteroatoms. The molecule has 2 rings (SSSR count). The van der Waals surface area contributed by atoms with Gasteiger partial charge < -0.3 is 10.6 Å². The fourth-order valence-corrected chi connectivity index (χ4v) is 1.86. The Hall–Kier alpha value is -1.91. The molecular weight excluding hydrogens is 242 g/mol. The maximum Gasteiger partial charge on any atom is 0.227 e. The maximum atomic E-state index is 11.6. The SMILES string of the molecule is Cc1ccc(NC(=O)CCNC(=O)[C@@H]2C[C@H]2C)nc1. The van der Waals surface area contributed by atoms with Crippen LogP contribution in [0.5, 0.6) is 0 Å². The fourth-order valence-electron chi connectivity index (χ4n) is 1.86. The van der Waals surface area contributed by atoms with Crippen molar-refractivity contribution in [2.75, 3.05) is 11.9 Å². The zero-order valence-corrected chi connectivity index (χ0v) is 11.3. The van der Waals surface area contributed by atoms with E-state index in [4.69, 9.17) is 0 Å². The molecule has 1 aromatic rings. The molecule has 2 amide bonds. The first-order valence-corrected chi connectivity index (χ1v) is 6.56. The van der Waals surface area contributed by atoms with Crippen molar-refractivity contribution in [2.24, 2.45) is 11.8 Å². The van der Waals surface area contributed by atoms with Gasteiger partial charge in [-0.2, -0.15) is 0 Å². The van der Waals surface area contributed by atoms with Crippen molar-refractivity contribution in [3.63, 3.8) is 0 Å². The number of nitrogens with one attached hydrogen (secondary N) is 2. The largest absolute Gasteiger partial charge is 0.355 e. The number of anilines is 1. The van der Waals surface area contributed by atoms with Crippen molar-refractivity contribution in [3.8, 4) is 0 Å². The Morgan fingerprint density at radius 1 is 1.42 bits per heavy atom. The minimum absolute atomic E-state index is 0.0637. The Kier molecular flexibility index (Phi) is 4.14. The Bertz CT molecular complexity index is 470. The lowest BCUT2D eigenvalue weighted by Crippen LogP contribution is -2.29. The van der Waals surface area contributed by atoms with Gasteiger partial charge in [0, 0.05) is 25.1 Å². The van der Waals surface area contributed by atoms with Crippen LogP contribution in [0.1, 0.15) is 25.3 Å². The molecule has 1 aliphatic carbocycles. The first-order chi connectivity index (χ1) is 9.06. The van der Waals surface area contributed by atoms with E-state index < -0.39 is 0 Å². The second-order valence-corrected chi connectivity index (χ2v) is 5.13. The molecule has 1 fully saturated rings. The Balaban J connectivity index is 1.67. The van der Waals surface area contributed by atoms with E-state index >= 15 is 0 Å². The normalized spacial score (nSPS) is 20.7. The molecule has 0 unspecified atom stereocenters. The Labute approximate surface area is 112 Å². The molecule has 0 spiro atoms. The lowest BCUT2D eigenvalue weighted by atomic mass is 10.3. The Morgan fingerprint density at radius 3 is 2.74 bits per heavy atom. The number of carbonyl (C=O) groups excluding carboxylic acids is 2. The average Bonchev–Trinajstić information content (AvgIpc) is 3.09. The van der Waals surface area contributed by atoms with Crippen molar-refractivity contribution in [1.29, 1.82) is 0 Å². The number of aromatic nitrogens is 1. The number of hydrogen-bond donors (Lipinski definition) is 2. The van der Waals surface area contributed by atoms with Crippen LogP contribution in [0.2, 0.25) is 0 Å². The van der Waals surface area contributed by atoms with E-state index in [1.807, 2.05) is 13.0 Å². The summed E-state index contributed by atoms with van der Waals surface area (Å²) in [5, 5.41) is 5.48. The molecule has 1 heterocycles. The molecule has 102 valence electrons. The topological polar surface area (TPSA) is 71.1 Å². The summed E-state index contributed by atoms with van der Waals surface area (Å²) in [7, 11) is 0. The lowest BCUT2D eigenvalue weighted by Gasteiger charge is -2.06. The van der Waals surface area contributed by atoms with Gasteiger partial charge in [0.25, 0.3) is 0 Å². The first-order valence-electron chi connectivity index (χ1n) is 6.56. The van der Waals surface area contributed by atoms with Crippen LogP contribution in [-0.4, -0.2) is 23.3 Å². The minimum atomic E-state index is -0.138. The summed E-state index contributed by atoms with van der Waals surface area (Å²) in [5.41, 5.74) is 1.05. The predicted octanol–water partition coefficient (Wildman–Crippen LogP) is 1.49. The third-order valence-corrected chi connectivity index (χ3v) is 3.28. The number of carbonyl (C=O) groups is 2. The quantitative estimate of drug-likeness (QED) is 0.843. The Morgan fingerprint density at radius 2 is 2.16 bits per heavy atom. The number of hydrogen-bond acceptors (Lipinski definition) is 3. The van der Waals surface area contributed by atoms with Crippen LogP contribution >= 0.6 is 0 Å². The second-order valence-electron chi connectivity index (χ2n) is 5.13. The second kappa shape index (κ2) is 5.82. The third-order valence-electron chi connectivity index (χ3n) is 3.28. The van der Waals surface area contributed by atoms with Crippen molar-refractivity contribution in [1.82, 2.24) is 10.3 Å². The van der Waals surface area contributed by atoms with Gasteiger partial charge in [-0.25, -0.2) is 4.98 Å². The summed E-state index contributed by atoms with van der Waals surface area (Å²) in [5.74, 6) is 1.11. The van der Waals surface area contributed by atoms with Gasteiger partial charge in [0.15, 0.2) is 0 Å². The molecule has 0 bridgehead atoms. The van der Waals surface area contributed by atoms with Gasteiger partial charge in [-0.3, -0.25) is 9.59 Å². The highest BCUT2D eigenvalue weighted by molar-refractivity contribution is 5.90. The van der Waals surface area contributed by atoms with Crippen molar-refractivity contribution >= 4 is 17.6 Å². The number of nitrogens with zero attached hydrogens (tertiary/aromatic N) is 1. The standard InChI is InChI=1S/C14H19N3O2/c1-9-3-4-12(16-8-9)17-13(18)5-6-15-14(19)11-7-10(11)2/h3-4,8,10-11H,5-7H2,1-2H3,(H,15,19)(H,16,17,18)/t10-,11-/m1/s1. The highest BCUT2D eigenvalue weighted by Gasteiger charge is 2.38. The number of amides is 2.